The van der Waals surface area contributed by atoms with Crippen LogP contribution in [-0.2, 0) is 21.4 Å². The van der Waals surface area contributed by atoms with Gasteiger partial charge in [-0.3, -0.25) is 4.79 Å². The highest BCUT2D eigenvalue weighted by molar-refractivity contribution is 7.89. The van der Waals surface area contributed by atoms with Gasteiger partial charge in [-0.1, -0.05) is 18.2 Å². The van der Waals surface area contributed by atoms with E-state index in [1.807, 2.05) is 0 Å². The van der Waals surface area contributed by atoms with Gasteiger partial charge in [0.1, 0.15) is 17.3 Å². The first-order valence-electron chi connectivity index (χ1n) is 8.30. The molecule has 0 saturated carbocycles. The molecule has 0 aliphatic carbocycles. The van der Waals surface area contributed by atoms with Crippen molar-refractivity contribution < 1.29 is 22.0 Å². The van der Waals surface area contributed by atoms with E-state index in [9.17, 15) is 17.6 Å². The maximum atomic E-state index is 12.8. The quantitative estimate of drug-likeness (QED) is 0.594. The molecule has 144 valence electrons. The van der Waals surface area contributed by atoms with E-state index < -0.39 is 15.9 Å². The Bertz CT molecular complexity index is 1070. The first kappa shape index (κ1) is 19.5. The zero-order valence-electron chi connectivity index (χ0n) is 14.6. The highest BCUT2D eigenvalue weighted by atomic mass is 32.2. The molecule has 3 aromatic rings. The summed E-state index contributed by atoms with van der Waals surface area (Å²) in [5.41, 5.74) is 0.464. The van der Waals surface area contributed by atoms with Gasteiger partial charge in [-0.25, -0.2) is 17.5 Å². The van der Waals surface area contributed by atoms with E-state index in [1.54, 1.807) is 30.3 Å². The second kappa shape index (κ2) is 8.64. The molecular formula is C20H17FN2O4S. The SMILES string of the molecule is O=C(/C=C/c1ccc(CNS(=O)(=O)c2ccccc2)o1)Nc1ccc(F)cc1. The lowest BCUT2D eigenvalue weighted by molar-refractivity contribution is -0.111. The Morgan fingerprint density at radius 2 is 1.71 bits per heavy atom. The van der Waals surface area contributed by atoms with Gasteiger partial charge in [0, 0.05) is 11.8 Å². The summed E-state index contributed by atoms with van der Waals surface area (Å²) in [6, 6.07) is 16.6. The molecule has 6 nitrogen and oxygen atoms in total. The third-order valence-corrected chi connectivity index (χ3v) is 5.10. The predicted molar refractivity (Wildman–Crippen MR) is 103 cm³/mol. The monoisotopic (exact) mass is 400 g/mol. The average molecular weight is 400 g/mol. The van der Waals surface area contributed by atoms with Crippen LogP contribution in [0.3, 0.4) is 0 Å². The summed E-state index contributed by atoms with van der Waals surface area (Å²) in [5.74, 6) is -0.00449. The van der Waals surface area contributed by atoms with E-state index >= 15 is 0 Å². The summed E-state index contributed by atoms with van der Waals surface area (Å²) in [6.45, 7) is -0.0210. The molecule has 0 aliphatic rings. The number of benzene rings is 2. The van der Waals surface area contributed by atoms with Crippen LogP contribution in [-0.4, -0.2) is 14.3 Å². The van der Waals surface area contributed by atoms with Gasteiger partial charge in [-0.05, 0) is 54.6 Å². The lowest BCUT2D eigenvalue weighted by Gasteiger charge is -2.04. The second-order valence-corrected chi connectivity index (χ2v) is 7.54. The van der Waals surface area contributed by atoms with Crippen molar-refractivity contribution >= 4 is 27.7 Å². The number of hydrogen-bond acceptors (Lipinski definition) is 4. The summed E-state index contributed by atoms with van der Waals surface area (Å²) >= 11 is 0. The summed E-state index contributed by atoms with van der Waals surface area (Å²) in [4.78, 5) is 12.0. The Labute approximate surface area is 161 Å². The zero-order chi connectivity index (χ0) is 20.0. The summed E-state index contributed by atoms with van der Waals surface area (Å²) in [5, 5.41) is 2.58. The Morgan fingerprint density at radius 1 is 1.00 bits per heavy atom. The van der Waals surface area contributed by atoms with Gasteiger partial charge >= 0.3 is 0 Å². The molecule has 0 bridgehead atoms. The number of halogens is 1. The lowest BCUT2D eigenvalue weighted by atomic mass is 10.3. The minimum absolute atomic E-state index is 0.0210. The van der Waals surface area contributed by atoms with Crippen LogP contribution >= 0.6 is 0 Å². The van der Waals surface area contributed by atoms with Crippen molar-refractivity contribution in [1.82, 2.24) is 4.72 Å². The van der Waals surface area contributed by atoms with Crippen molar-refractivity contribution in [3.8, 4) is 0 Å². The number of rotatable bonds is 7. The summed E-state index contributed by atoms with van der Waals surface area (Å²) in [7, 11) is -3.63. The zero-order valence-corrected chi connectivity index (χ0v) is 15.4. The molecule has 0 fully saturated rings. The predicted octanol–water partition coefficient (Wildman–Crippen LogP) is 3.55. The van der Waals surface area contributed by atoms with Crippen molar-refractivity contribution in [1.29, 1.82) is 0 Å². The van der Waals surface area contributed by atoms with Crippen LogP contribution < -0.4 is 10.0 Å². The van der Waals surface area contributed by atoms with Gasteiger partial charge in [-0.15, -0.1) is 0 Å². The number of hydrogen-bond donors (Lipinski definition) is 2. The van der Waals surface area contributed by atoms with Crippen molar-refractivity contribution in [2.45, 2.75) is 11.4 Å². The molecule has 0 saturated heterocycles. The highest BCUT2D eigenvalue weighted by Crippen LogP contribution is 2.13. The maximum absolute atomic E-state index is 12.8. The largest absolute Gasteiger partial charge is 0.460 e. The van der Waals surface area contributed by atoms with Crippen LogP contribution in [0.2, 0.25) is 0 Å². The van der Waals surface area contributed by atoms with Gasteiger partial charge in [0.15, 0.2) is 0 Å². The molecule has 2 N–H and O–H groups in total. The molecule has 3 rings (SSSR count). The molecule has 1 amide bonds. The van der Waals surface area contributed by atoms with Crippen molar-refractivity contribution in [3.63, 3.8) is 0 Å². The number of carbonyl (C=O) groups is 1. The normalized spacial score (nSPS) is 11.6. The van der Waals surface area contributed by atoms with E-state index in [2.05, 4.69) is 10.0 Å². The van der Waals surface area contributed by atoms with E-state index in [4.69, 9.17) is 4.42 Å². The first-order chi connectivity index (χ1) is 13.4. The summed E-state index contributed by atoms with van der Waals surface area (Å²) in [6.07, 6.45) is 2.72. The smallest absolute Gasteiger partial charge is 0.248 e. The number of amides is 1. The molecule has 0 aliphatic heterocycles. The molecule has 0 radical (unpaired) electrons. The van der Waals surface area contributed by atoms with Gasteiger partial charge in [0.05, 0.1) is 11.4 Å². The van der Waals surface area contributed by atoms with Gasteiger partial charge in [0.25, 0.3) is 0 Å². The van der Waals surface area contributed by atoms with Crippen LogP contribution in [0, 0.1) is 5.82 Å². The van der Waals surface area contributed by atoms with Gasteiger partial charge < -0.3 is 9.73 Å². The highest BCUT2D eigenvalue weighted by Gasteiger charge is 2.13. The minimum atomic E-state index is -3.63. The fourth-order valence-electron chi connectivity index (χ4n) is 2.30. The molecule has 1 aromatic heterocycles. The fourth-order valence-corrected chi connectivity index (χ4v) is 3.32. The third kappa shape index (κ3) is 5.38. The van der Waals surface area contributed by atoms with E-state index in [-0.39, 0.29) is 17.3 Å². The molecule has 2 aromatic carbocycles. The lowest BCUT2D eigenvalue weighted by Crippen LogP contribution is -2.22. The third-order valence-electron chi connectivity index (χ3n) is 3.68. The molecular weight excluding hydrogens is 383 g/mol. The number of nitrogens with one attached hydrogen (secondary N) is 2. The Hall–Kier alpha value is -3.23. The van der Waals surface area contributed by atoms with Crippen LogP contribution in [0.1, 0.15) is 11.5 Å². The Kier molecular flexibility index (Phi) is 6.03. The van der Waals surface area contributed by atoms with Crippen LogP contribution in [0.5, 0.6) is 0 Å². The standard InChI is InChI=1S/C20H17FN2O4S/c21-15-6-8-16(9-7-15)23-20(24)13-12-17-10-11-18(27-17)14-22-28(25,26)19-4-2-1-3-5-19/h1-13,22H,14H2,(H,23,24)/b13-12+. The molecule has 0 unspecified atom stereocenters. The maximum Gasteiger partial charge on any atom is 0.248 e. The minimum Gasteiger partial charge on any atom is -0.460 e. The van der Waals surface area contributed by atoms with Crippen molar-refractivity contribution in [3.05, 3.63) is 90.1 Å². The van der Waals surface area contributed by atoms with Crippen molar-refractivity contribution in [2.24, 2.45) is 0 Å². The Balaban J connectivity index is 1.55. The number of carbonyl (C=O) groups excluding carboxylic acids is 1. The number of sulfonamides is 1. The van der Waals surface area contributed by atoms with E-state index in [0.717, 1.165) is 0 Å². The van der Waals surface area contributed by atoms with Crippen LogP contribution in [0.25, 0.3) is 6.08 Å². The molecule has 0 atom stereocenters. The molecule has 1 heterocycles. The van der Waals surface area contributed by atoms with Gasteiger partial charge in [-0.2, -0.15) is 0 Å². The van der Waals surface area contributed by atoms with E-state index in [0.29, 0.717) is 17.2 Å². The van der Waals surface area contributed by atoms with Crippen LogP contribution in [0.4, 0.5) is 10.1 Å². The molecule has 0 spiro atoms. The average Bonchev–Trinajstić information content (AvgIpc) is 3.15. The van der Waals surface area contributed by atoms with Crippen molar-refractivity contribution in [2.75, 3.05) is 5.32 Å². The fraction of sp³-hybridized carbons (Fsp3) is 0.0500. The van der Waals surface area contributed by atoms with E-state index in [1.165, 1.54) is 48.6 Å². The number of anilines is 1. The molecule has 28 heavy (non-hydrogen) atoms. The molecule has 8 heteroatoms. The van der Waals surface area contributed by atoms with Gasteiger partial charge in [0.2, 0.25) is 15.9 Å². The summed E-state index contributed by atoms with van der Waals surface area (Å²) < 4.78 is 45.1. The van der Waals surface area contributed by atoms with Crippen LogP contribution in [0.15, 0.2) is 82.1 Å². The Morgan fingerprint density at radius 3 is 2.43 bits per heavy atom. The number of furan rings is 1. The second-order valence-electron chi connectivity index (χ2n) is 5.77. The first-order valence-corrected chi connectivity index (χ1v) is 9.79. The topological polar surface area (TPSA) is 88.4 Å².